The minimum absolute atomic E-state index is 0.0347. The summed E-state index contributed by atoms with van der Waals surface area (Å²) in [5, 5.41) is 14.7. The zero-order chi connectivity index (χ0) is 14.9. The number of carbonyl (C=O) groups is 1. The molecule has 0 fully saturated rings. The second-order valence-electron chi connectivity index (χ2n) is 4.67. The van der Waals surface area contributed by atoms with Gasteiger partial charge in [0.25, 0.3) is 0 Å². The number of nitriles is 1. The standard InChI is InChI=1S/C17H17N3O/c18-10-14-6-8-16(9-7-14)11-19-13-17(21)20-12-15-4-2-1-3-5-15/h1-9,19H,11-13H2,(H,20,21). The molecule has 0 aliphatic carbocycles. The highest BCUT2D eigenvalue weighted by atomic mass is 16.1. The van der Waals surface area contributed by atoms with E-state index in [4.69, 9.17) is 5.26 Å². The maximum absolute atomic E-state index is 11.7. The van der Waals surface area contributed by atoms with Crippen molar-refractivity contribution in [2.45, 2.75) is 13.1 Å². The minimum Gasteiger partial charge on any atom is -0.351 e. The Labute approximate surface area is 124 Å². The van der Waals surface area contributed by atoms with Crippen LogP contribution in [0.5, 0.6) is 0 Å². The van der Waals surface area contributed by atoms with E-state index in [1.807, 2.05) is 42.5 Å². The van der Waals surface area contributed by atoms with Gasteiger partial charge in [0.05, 0.1) is 18.2 Å². The van der Waals surface area contributed by atoms with Crippen molar-refractivity contribution in [3.05, 3.63) is 71.3 Å². The lowest BCUT2D eigenvalue weighted by atomic mass is 10.1. The molecule has 0 saturated carbocycles. The van der Waals surface area contributed by atoms with Crippen molar-refractivity contribution in [3.63, 3.8) is 0 Å². The third kappa shape index (κ3) is 5.09. The summed E-state index contributed by atoms with van der Waals surface area (Å²) < 4.78 is 0. The quantitative estimate of drug-likeness (QED) is 0.849. The fourth-order valence-corrected chi connectivity index (χ4v) is 1.88. The number of amides is 1. The summed E-state index contributed by atoms with van der Waals surface area (Å²) in [6.45, 7) is 1.41. The van der Waals surface area contributed by atoms with Gasteiger partial charge in [-0.2, -0.15) is 5.26 Å². The van der Waals surface area contributed by atoms with Gasteiger partial charge in [0.2, 0.25) is 5.91 Å². The number of nitrogens with one attached hydrogen (secondary N) is 2. The second kappa shape index (κ2) is 7.83. The molecule has 4 nitrogen and oxygen atoms in total. The Kier molecular flexibility index (Phi) is 5.50. The number of carbonyl (C=O) groups excluding carboxylic acids is 1. The van der Waals surface area contributed by atoms with E-state index < -0.39 is 0 Å². The van der Waals surface area contributed by atoms with Crippen LogP contribution in [0.4, 0.5) is 0 Å². The Morgan fingerprint density at radius 3 is 2.29 bits per heavy atom. The van der Waals surface area contributed by atoms with E-state index in [-0.39, 0.29) is 12.5 Å². The van der Waals surface area contributed by atoms with Crippen LogP contribution < -0.4 is 10.6 Å². The molecule has 21 heavy (non-hydrogen) atoms. The van der Waals surface area contributed by atoms with Gasteiger partial charge in [-0.15, -0.1) is 0 Å². The van der Waals surface area contributed by atoms with E-state index in [2.05, 4.69) is 16.7 Å². The lowest BCUT2D eigenvalue weighted by Gasteiger charge is -2.07. The number of hydrogen-bond acceptors (Lipinski definition) is 3. The molecular weight excluding hydrogens is 262 g/mol. The van der Waals surface area contributed by atoms with Gasteiger partial charge >= 0.3 is 0 Å². The summed E-state index contributed by atoms with van der Waals surface area (Å²) in [4.78, 5) is 11.7. The van der Waals surface area contributed by atoms with Gasteiger partial charge < -0.3 is 10.6 Å². The van der Waals surface area contributed by atoms with Crippen molar-refractivity contribution in [1.29, 1.82) is 5.26 Å². The van der Waals surface area contributed by atoms with Crippen LogP contribution in [0.3, 0.4) is 0 Å². The summed E-state index contributed by atoms with van der Waals surface area (Å²) in [6, 6.07) is 19.2. The maximum atomic E-state index is 11.7. The molecule has 0 heterocycles. The Hall–Kier alpha value is -2.64. The molecule has 106 valence electrons. The van der Waals surface area contributed by atoms with Crippen molar-refractivity contribution in [1.82, 2.24) is 10.6 Å². The molecule has 2 N–H and O–H groups in total. The normalized spacial score (nSPS) is 9.86. The first kappa shape index (κ1) is 14.8. The molecule has 0 aromatic heterocycles. The summed E-state index contributed by atoms with van der Waals surface area (Å²) in [7, 11) is 0. The van der Waals surface area contributed by atoms with E-state index in [9.17, 15) is 4.79 Å². The maximum Gasteiger partial charge on any atom is 0.234 e. The molecular formula is C17H17N3O. The van der Waals surface area contributed by atoms with Crippen molar-refractivity contribution in [2.75, 3.05) is 6.54 Å². The topological polar surface area (TPSA) is 64.9 Å². The molecule has 0 unspecified atom stereocenters. The highest BCUT2D eigenvalue weighted by Gasteiger charge is 2.01. The average molecular weight is 279 g/mol. The van der Waals surface area contributed by atoms with Gasteiger partial charge in [-0.1, -0.05) is 42.5 Å². The number of hydrogen-bond donors (Lipinski definition) is 2. The third-order valence-electron chi connectivity index (χ3n) is 3.03. The van der Waals surface area contributed by atoms with Gasteiger partial charge in [-0.05, 0) is 23.3 Å². The molecule has 2 rings (SSSR count). The predicted molar refractivity (Wildman–Crippen MR) is 81.2 cm³/mol. The van der Waals surface area contributed by atoms with Crippen molar-refractivity contribution < 1.29 is 4.79 Å². The second-order valence-corrected chi connectivity index (χ2v) is 4.67. The van der Waals surface area contributed by atoms with Gasteiger partial charge in [-0.25, -0.2) is 0 Å². The molecule has 0 saturated heterocycles. The summed E-state index contributed by atoms with van der Waals surface area (Å²) >= 11 is 0. The number of nitrogens with zero attached hydrogens (tertiary/aromatic N) is 1. The lowest BCUT2D eigenvalue weighted by Crippen LogP contribution is -2.33. The zero-order valence-electron chi connectivity index (χ0n) is 11.7. The highest BCUT2D eigenvalue weighted by molar-refractivity contribution is 5.77. The van der Waals surface area contributed by atoms with Gasteiger partial charge in [0.1, 0.15) is 0 Å². The van der Waals surface area contributed by atoms with E-state index in [1.54, 1.807) is 12.1 Å². The Morgan fingerprint density at radius 1 is 0.952 bits per heavy atom. The molecule has 0 radical (unpaired) electrons. The van der Waals surface area contributed by atoms with Crippen LogP contribution in [-0.4, -0.2) is 12.5 Å². The van der Waals surface area contributed by atoms with Crippen molar-refractivity contribution in [2.24, 2.45) is 0 Å². The van der Waals surface area contributed by atoms with Crippen LogP contribution in [0.15, 0.2) is 54.6 Å². The van der Waals surface area contributed by atoms with E-state index in [0.29, 0.717) is 18.7 Å². The predicted octanol–water partition coefficient (Wildman–Crippen LogP) is 1.96. The average Bonchev–Trinajstić information content (AvgIpc) is 2.54. The molecule has 1 amide bonds. The molecule has 4 heteroatoms. The van der Waals surface area contributed by atoms with Gasteiger partial charge in [0.15, 0.2) is 0 Å². The van der Waals surface area contributed by atoms with Crippen molar-refractivity contribution >= 4 is 5.91 Å². The number of rotatable bonds is 6. The smallest absolute Gasteiger partial charge is 0.234 e. The molecule has 2 aromatic rings. The fraction of sp³-hybridized carbons (Fsp3) is 0.176. The van der Waals surface area contributed by atoms with Crippen LogP contribution in [-0.2, 0) is 17.9 Å². The largest absolute Gasteiger partial charge is 0.351 e. The number of benzene rings is 2. The molecule has 0 bridgehead atoms. The Balaban J connectivity index is 1.68. The first-order valence-corrected chi connectivity index (χ1v) is 6.78. The molecule has 0 aliphatic rings. The molecule has 0 spiro atoms. The first-order chi connectivity index (χ1) is 10.3. The summed E-state index contributed by atoms with van der Waals surface area (Å²) in [6.07, 6.45) is 0. The van der Waals surface area contributed by atoms with E-state index in [1.165, 1.54) is 0 Å². The lowest BCUT2D eigenvalue weighted by molar-refractivity contribution is -0.120. The third-order valence-corrected chi connectivity index (χ3v) is 3.03. The Morgan fingerprint density at radius 2 is 1.62 bits per heavy atom. The van der Waals surface area contributed by atoms with Crippen LogP contribution in [0, 0.1) is 11.3 Å². The van der Waals surface area contributed by atoms with Crippen molar-refractivity contribution in [3.8, 4) is 6.07 Å². The highest BCUT2D eigenvalue weighted by Crippen LogP contribution is 2.02. The SMILES string of the molecule is N#Cc1ccc(CNCC(=O)NCc2ccccc2)cc1. The fourth-order valence-electron chi connectivity index (χ4n) is 1.88. The van der Waals surface area contributed by atoms with Gasteiger partial charge in [-0.3, -0.25) is 4.79 Å². The van der Waals surface area contributed by atoms with Crippen LogP contribution in [0.25, 0.3) is 0 Å². The van der Waals surface area contributed by atoms with E-state index in [0.717, 1.165) is 11.1 Å². The van der Waals surface area contributed by atoms with E-state index >= 15 is 0 Å². The van der Waals surface area contributed by atoms with Crippen LogP contribution in [0.2, 0.25) is 0 Å². The Bertz CT molecular complexity index is 615. The molecule has 0 aliphatic heterocycles. The summed E-state index contributed by atoms with van der Waals surface area (Å²) in [5.74, 6) is -0.0347. The van der Waals surface area contributed by atoms with Crippen LogP contribution in [0.1, 0.15) is 16.7 Å². The van der Waals surface area contributed by atoms with Gasteiger partial charge in [0, 0.05) is 13.1 Å². The van der Waals surface area contributed by atoms with Crippen LogP contribution >= 0.6 is 0 Å². The minimum atomic E-state index is -0.0347. The molecule has 0 atom stereocenters. The summed E-state index contributed by atoms with van der Waals surface area (Å²) in [5.41, 5.74) is 2.77. The zero-order valence-corrected chi connectivity index (χ0v) is 11.7. The molecule has 2 aromatic carbocycles. The first-order valence-electron chi connectivity index (χ1n) is 6.78. The monoisotopic (exact) mass is 279 g/mol.